The zero-order valence-electron chi connectivity index (χ0n) is 8.58. The van der Waals surface area contributed by atoms with Crippen molar-refractivity contribution in [3.05, 3.63) is 28.2 Å². The lowest BCUT2D eigenvalue weighted by atomic mass is 10.1. The fraction of sp³-hybridized carbons (Fsp3) is 0.364. The van der Waals surface area contributed by atoms with Crippen LogP contribution < -0.4 is 4.74 Å². The second-order valence-electron chi connectivity index (χ2n) is 3.20. The van der Waals surface area contributed by atoms with Gasteiger partial charge in [-0.3, -0.25) is 4.79 Å². The summed E-state index contributed by atoms with van der Waals surface area (Å²) in [6.45, 7) is 0.453. The van der Waals surface area contributed by atoms with E-state index < -0.39 is 5.97 Å². The Labute approximate surface area is 107 Å². The van der Waals surface area contributed by atoms with Crippen molar-refractivity contribution in [2.75, 3.05) is 12.5 Å². The molecule has 0 saturated carbocycles. The Morgan fingerprint density at radius 1 is 1.50 bits per heavy atom. The number of carbonyl (C=O) groups is 1. The van der Waals surface area contributed by atoms with Crippen LogP contribution in [0.25, 0.3) is 0 Å². The number of aliphatic carboxylic acids is 1. The third-order valence-corrected chi connectivity index (χ3v) is 2.73. The normalized spacial score (nSPS) is 10.1. The van der Waals surface area contributed by atoms with Crippen molar-refractivity contribution in [3.8, 4) is 5.75 Å². The van der Waals surface area contributed by atoms with E-state index in [0.717, 1.165) is 15.8 Å². The van der Waals surface area contributed by atoms with E-state index in [-0.39, 0.29) is 6.42 Å². The molecule has 0 fully saturated rings. The molecule has 1 N–H and O–H groups in total. The molecule has 3 nitrogen and oxygen atoms in total. The summed E-state index contributed by atoms with van der Waals surface area (Å²) in [6.07, 6.45) is 0.651. The number of alkyl halides is 1. The number of rotatable bonds is 6. The highest BCUT2D eigenvalue weighted by molar-refractivity contribution is 9.10. The van der Waals surface area contributed by atoms with Crippen molar-refractivity contribution in [3.63, 3.8) is 0 Å². The van der Waals surface area contributed by atoms with Gasteiger partial charge in [0.05, 0.1) is 10.4 Å². The minimum atomic E-state index is -0.793. The minimum absolute atomic E-state index is 0.133. The monoisotopic (exact) mass is 306 g/mol. The fourth-order valence-corrected chi connectivity index (χ4v) is 1.83. The van der Waals surface area contributed by atoms with Crippen LogP contribution in [0.5, 0.6) is 5.75 Å². The van der Waals surface area contributed by atoms with E-state index in [0.29, 0.717) is 18.9 Å². The van der Waals surface area contributed by atoms with E-state index in [1.807, 2.05) is 18.2 Å². The summed E-state index contributed by atoms with van der Waals surface area (Å²) >= 11 is 8.88. The molecule has 0 amide bonds. The first-order chi connectivity index (χ1) is 7.63. The number of ether oxygens (including phenoxy) is 1. The molecule has 0 aliphatic rings. The van der Waals surface area contributed by atoms with Gasteiger partial charge in [-0.15, -0.1) is 11.6 Å². The third-order valence-electron chi connectivity index (χ3n) is 1.96. The van der Waals surface area contributed by atoms with Gasteiger partial charge in [-0.25, -0.2) is 0 Å². The molecular formula is C11H12BrClO3. The van der Waals surface area contributed by atoms with Gasteiger partial charge in [-0.2, -0.15) is 0 Å². The first-order valence-electron chi connectivity index (χ1n) is 4.82. The summed E-state index contributed by atoms with van der Waals surface area (Å²) in [5.41, 5.74) is 0.965. The van der Waals surface area contributed by atoms with Crippen molar-refractivity contribution in [1.29, 1.82) is 0 Å². The number of halogens is 2. The lowest BCUT2D eigenvalue weighted by Crippen LogP contribution is -2.00. The average molecular weight is 308 g/mol. The van der Waals surface area contributed by atoms with Crippen molar-refractivity contribution in [1.82, 2.24) is 0 Å². The molecule has 0 heterocycles. The predicted octanol–water partition coefficient (Wildman–Crippen LogP) is 3.08. The highest BCUT2D eigenvalue weighted by Gasteiger charge is 2.04. The number of carboxylic acids is 1. The van der Waals surface area contributed by atoms with Crippen LogP contribution in [-0.2, 0) is 11.2 Å². The summed E-state index contributed by atoms with van der Waals surface area (Å²) in [6, 6.07) is 5.54. The van der Waals surface area contributed by atoms with Gasteiger partial charge in [0.15, 0.2) is 0 Å². The maximum absolute atomic E-state index is 10.4. The summed E-state index contributed by atoms with van der Waals surface area (Å²) in [5, 5.41) is 8.56. The Kier molecular flexibility index (Phi) is 5.63. The quantitative estimate of drug-likeness (QED) is 0.822. The molecule has 16 heavy (non-hydrogen) atoms. The van der Waals surface area contributed by atoms with Gasteiger partial charge in [0.2, 0.25) is 0 Å². The Bertz CT molecular complexity index is 368. The molecule has 0 bridgehead atoms. The second kappa shape index (κ2) is 6.76. The standard InChI is InChI=1S/C11H12BrClO3/c12-9-7-8(2-4-11(14)15)1-3-10(9)16-6-5-13/h1,3,7H,2,4-6H2,(H,14,15). The van der Waals surface area contributed by atoms with Crippen LogP contribution in [0.1, 0.15) is 12.0 Å². The van der Waals surface area contributed by atoms with Gasteiger partial charge in [-0.05, 0) is 40.0 Å². The van der Waals surface area contributed by atoms with E-state index in [9.17, 15) is 4.79 Å². The Morgan fingerprint density at radius 3 is 2.81 bits per heavy atom. The molecular weight excluding hydrogens is 295 g/mol. The number of hydrogen-bond acceptors (Lipinski definition) is 2. The van der Waals surface area contributed by atoms with E-state index in [1.54, 1.807) is 0 Å². The summed E-state index contributed by atoms with van der Waals surface area (Å²) < 4.78 is 6.19. The SMILES string of the molecule is O=C(O)CCc1ccc(OCCCl)c(Br)c1. The minimum Gasteiger partial charge on any atom is -0.491 e. The Hall–Kier alpha value is -0.740. The average Bonchev–Trinajstić information content (AvgIpc) is 2.25. The van der Waals surface area contributed by atoms with Crippen LogP contribution in [0.3, 0.4) is 0 Å². The predicted molar refractivity (Wildman–Crippen MR) is 66.3 cm³/mol. The second-order valence-corrected chi connectivity index (χ2v) is 4.43. The number of aryl methyl sites for hydroxylation is 1. The molecule has 0 radical (unpaired) electrons. The van der Waals surface area contributed by atoms with Gasteiger partial charge < -0.3 is 9.84 Å². The first kappa shape index (κ1) is 13.3. The van der Waals surface area contributed by atoms with E-state index in [2.05, 4.69) is 15.9 Å². The summed E-state index contributed by atoms with van der Waals surface area (Å²) in [4.78, 5) is 10.4. The number of carboxylic acid groups (broad SMARTS) is 1. The smallest absolute Gasteiger partial charge is 0.303 e. The molecule has 5 heteroatoms. The van der Waals surface area contributed by atoms with Gasteiger partial charge >= 0.3 is 5.97 Å². The van der Waals surface area contributed by atoms with Crippen molar-refractivity contribution >= 4 is 33.5 Å². The van der Waals surface area contributed by atoms with Crippen molar-refractivity contribution in [2.45, 2.75) is 12.8 Å². The molecule has 0 spiro atoms. The topological polar surface area (TPSA) is 46.5 Å². The third kappa shape index (κ3) is 4.41. The van der Waals surface area contributed by atoms with Crippen LogP contribution in [0.15, 0.2) is 22.7 Å². The lowest BCUT2D eigenvalue weighted by Gasteiger charge is -2.08. The van der Waals surface area contributed by atoms with Crippen LogP contribution in [-0.4, -0.2) is 23.6 Å². The molecule has 88 valence electrons. The largest absolute Gasteiger partial charge is 0.491 e. The highest BCUT2D eigenvalue weighted by Crippen LogP contribution is 2.26. The van der Waals surface area contributed by atoms with Crippen LogP contribution in [0.4, 0.5) is 0 Å². The van der Waals surface area contributed by atoms with Crippen LogP contribution in [0, 0.1) is 0 Å². The molecule has 1 aromatic carbocycles. The van der Waals surface area contributed by atoms with Crippen LogP contribution in [0.2, 0.25) is 0 Å². The Balaban J connectivity index is 2.63. The van der Waals surface area contributed by atoms with Crippen molar-refractivity contribution in [2.24, 2.45) is 0 Å². The van der Waals surface area contributed by atoms with Gasteiger partial charge in [0.25, 0.3) is 0 Å². The molecule has 1 aromatic rings. The molecule has 0 saturated heterocycles. The fourth-order valence-electron chi connectivity index (χ4n) is 1.22. The zero-order valence-corrected chi connectivity index (χ0v) is 10.9. The molecule has 0 atom stereocenters. The van der Waals surface area contributed by atoms with Crippen LogP contribution >= 0.6 is 27.5 Å². The molecule has 1 rings (SSSR count). The highest BCUT2D eigenvalue weighted by atomic mass is 79.9. The Morgan fingerprint density at radius 2 is 2.25 bits per heavy atom. The van der Waals surface area contributed by atoms with E-state index in [1.165, 1.54) is 0 Å². The maximum Gasteiger partial charge on any atom is 0.303 e. The van der Waals surface area contributed by atoms with Gasteiger partial charge in [-0.1, -0.05) is 6.07 Å². The summed E-state index contributed by atoms with van der Waals surface area (Å²) in [5.74, 6) is 0.367. The lowest BCUT2D eigenvalue weighted by molar-refractivity contribution is -0.136. The van der Waals surface area contributed by atoms with E-state index >= 15 is 0 Å². The van der Waals surface area contributed by atoms with E-state index in [4.69, 9.17) is 21.4 Å². The number of benzene rings is 1. The maximum atomic E-state index is 10.4. The number of hydrogen-bond donors (Lipinski definition) is 1. The van der Waals surface area contributed by atoms with Gasteiger partial charge in [0.1, 0.15) is 12.4 Å². The van der Waals surface area contributed by atoms with Gasteiger partial charge in [0, 0.05) is 6.42 Å². The molecule has 0 aliphatic heterocycles. The van der Waals surface area contributed by atoms with Crippen molar-refractivity contribution < 1.29 is 14.6 Å². The molecule has 0 unspecified atom stereocenters. The first-order valence-corrected chi connectivity index (χ1v) is 6.15. The summed E-state index contributed by atoms with van der Waals surface area (Å²) in [7, 11) is 0. The zero-order chi connectivity index (χ0) is 12.0. The molecule has 0 aliphatic carbocycles. The molecule has 0 aromatic heterocycles.